The highest BCUT2D eigenvalue weighted by atomic mass is 79.9. The number of amides is 1. The highest BCUT2D eigenvalue weighted by Crippen LogP contribution is 2.32. The Hall–Kier alpha value is -1.87. The number of thioether (sulfide) groups is 1. The summed E-state index contributed by atoms with van der Waals surface area (Å²) in [6.07, 6.45) is 1.34. The van der Waals surface area contributed by atoms with Crippen molar-refractivity contribution in [1.82, 2.24) is 5.32 Å². The molecular formula is C21H20BrClN2O3S2. The standard InChI is InChI=1S/C21H20BrClN2O3S2/c1-4-18(24-14(2)22)21(11-20(27)28-3,15-9-10-29-12-15)25-19(26)13-30-17-8-6-5-7-16(17)23/h4-10,12H,1-2,11,13H2,3H3,(H,25,26)/b24-18+. The molecule has 1 amide bonds. The third-order valence-corrected chi connectivity index (χ3v) is 6.45. The third kappa shape index (κ3) is 6.31. The van der Waals surface area contributed by atoms with E-state index < -0.39 is 11.5 Å². The first-order valence-electron chi connectivity index (χ1n) is 8.66. The highest BCUT2D eigenvalue weighted by Gasteiger charge is 2.41. The van der Waals surface area contributed by atoms with Gasteiger partial charge in [0.15, 0.2) is 0 Å². The average Bonchev–Trinajstić information content (AvgIpc) is 3.26. The molecule has 1 heterocycles. The second kappa shape index (κ2) is 11.5. The molecule has 0 spiro atoms. The summed E-state index contributed by atoms with van der Waals surface area (Å²) in [5.41, 5.74) is -0.199. The van der Waals surface area contributed by atoms with Crippen molar-refractivity contribution in [2.45, 2.75) is 16.9 Å². The molecule has 0 aliphatic heterocycles. The number of aliphatic imine (C=N–C) groups is 1. The Balaban J connectivity index is 2.42. The first-order chi connectivity index (χ1) is 14.3. The minimum atomic E-state index is -1.26. The molecule has 2 aromatic rings. The topological polar surface area (TPSA) is 67.8 Å². The summed E-state index contributed by atoms with van der Waals surface area (Å²) in [6.45, 7) is 7.56. The smallest absolute Gasteiger partial charge is 0.308 e. The molecule has 1 atom stereocenters. The molecule has 0 aliphatic rings. The number of carbonyl (C=O) groups is 2. The van der Waals surface area contributed by atoms with E-state index in [1.54, 1.807) is 6.07 Å². The van der Waals surface area contributed by atoms with E-state index in [-0.39, 0.29) is 18.1 Å². The number of nitrogens with one attached hydrogen (secondary N) is 1. The van der Waals surface area contributed by atoms with Crippen LogP contribution in [0.1, 0.15) is 12.0 Å². The van der Waals surface area contributed by atoms with Crippen LogP contribution in [-0.4, -0.2) is 30.5 Å². The number of nitrogens with zero attached hydrogens (tertiary/aromatic N) is 1. The number of thiophene rings is 1. The second-order valence-corrected chi connectivity index (χ2v) is 9.13. The van der Waals surface area contributed by atoms with Gasteiger partial charge in [-0.3, -0.25) is 9.59 Å². The van der Waals surface area contributed by atoms with E-state index in [1.807, 2.05) is 35.0 Å². The Kier molecular flexibility index (Phi) is 9.36. The summed E-state index contributed by atoms with van der Waals surface area (Å²) in [7, 11) is 1.30. The molecule has 1 aromatic carbocycles. The van der Waals surface area contributed by atoms with Crippen molar-refractivity contribution in [3.63, 3.8) is 0 Å². The van der Waals surface area contributed by atoms with Crippen molar-refractivity contribution < 1.29 is 14.3 Å². The molecular weight excluding hydrogens is 508 g/mol. The van der Waals surface area contributed by atoms with Crippen molar-refractivity contribution in [2.24, 2.45) is 4.99 Å². The lowest BCUT2D eigenvalue weighted by Crippen LogP contribution is -2.53. The maximum Gasteiger partial charge on any atom is 0.308 e. The van der Waals surface area contributed by atoms with Gasteiger partial charge in [0, 0.05) is 4.90 Å². The van der Waals surface area contributed by atoms with Gasteiger partial charge >= 0.3 is 5.97 Å². The van der Waals surface area contributed by atoms with Gasteiger partial charge < -0.3 is 10.1 Å². The monoisotopic (exact) mass is 526 g/mol. The SMILES string of the molecule is C=C/C(=N\C(=C)Br)C(CC(=O)OC)(NC(=O)CSc1ccccc1Cl)c1ccsc1. The number of methoxy groups -OCH3 is 1. The van der Waals surface area contributed by atoms with Crippen LogP contribution in [0.15, 0.2) is 74.8 Å². The van der Waals surface area contributed by atoms with Crippen LogP contribution >= 0.6 is 50.6 Å². The fourth-order valence-electron chi connectivity index (χ4n) is 2.74. The highest BCUT2D eigenvalue weighted by molar-refractivity contribution is 9.11. The van der Waals surface area contributed by atoms with E-state index in [9.17, 15) is 9.59 Å². The number of hydrogen-bond acceptors (Lipinski definition) is 6. The van der Waals surface area contributed by atoms with Gasteiger partial charge in [0.2, 0.25) is 5.91 Å². The Bertz CT molecular complexity index is 963. The quantitative estimate of drug-likeness (QED) is 0.190. The van der Waals surface area contributed by atoms with Gasteiger partial charge in [-0.25, -0.2) is 4.99 Å². The number of hydrogen-bond donors (Lipinski definition) is 1. The number of benzene rings is 1. The number of halogens is 2. The minimum Gasteiger partial charge on any atom is -0.469 e. The molecule has 1 unspecified atom stereocenters. The lowest BCUT2D eigenvalue weighted by atomic mass is 9.83. The van der Waals surface area contributed by atoms with Gasteiger partial charge in [-0.05, 0) is 56.5 Å². The van der Waals surface area contributed by atoms with Crippen LogP contribution in [0, 0.1) is 0 Å². The molecule has 0 bridgehead atoms. The van der Waals surface area contributed by atoms with Crippen molar-refractivity contribution in [3.8, 4) is 0 Å². The number of ether oxygens (including phenoxy) is 1. The van der Waals surface area contributed by atoms with Crippen molar-refractivity contribution in [3.05, 3.63) is 75.5 Å². The van der Waals surface area contributed by atoms with Crippen molar-refractivity contribution >= 4 is 68.2 Å². The van der Waals surface area contributed by atoms with Crippen LogP contribution in [0.3, 0.4) is 0 Å². The van der Waals surface area contributed by atoms with Crippen LogP contribution in [0.2, 0.25) is 5.02 Å². The zero-order valence-corrected chi connectivity index (χ0v) is 20.2. The molecule has 9 heteroatoms. The van der Waals surface area contributed by atoms with Crippen molar-refractivity contribution in [2.75, 3.05) is 12.9 Å². The Morgan fingerprint density at radius 2 is 2.13 bits per heavy atom. The van der Waals surface area contributed by atoms with E-state index in [4.69, 9.17) is 16.3 Å². The summed E-state index contributed by atoms with van der Waals surface area (Å²) >= 11 is 12.1. The van der Waals surface area contributed by atoms with Crippen LogP contribution in [0.4, 0.5) is 0 Å². The summed E-state index contributed by atoms with van der Waals surface area (Å²) in [6, 6.07) is 9.10. The minimum absolute atomic E-state index is 0.0937. The molecule has 2 rings (SSSR count). The largest absolute Gasteiger partial charge is 0.469 e. The van der Waals surface area contributed by atoms with E-state index in [0.717, 1.165) is 4.90 Å². The molecule has 0 saturated heterocycles. The third-order valence-electron chi connectivity index (χ3n) is 4.07. The predicted octanol–water partition coefficient (Wildman–Crippen LogP) is 5.56. The molecule has 0 fully saturated rings. The van der Waals surface area contributed by atoms with Gasteiger partial charge in [-0.15, -0.1) is 11.8 Å². The van der Waals surface area contributed by atoms with Crippen LogP contribution < -0.4 is 5.32 Å². The van der Waals surface area contributed by atoms with Crippen LogP contribution in [0.5, 0.6) is 0 Å². The molecule has 0 aliphatic carbocycles. The predicted molar refractivity (Wildman–Crippen MR) is 129 cm³/mol. The van der Waals surface area contributed by atoms with E-state index in [0.29, 0.717) is 20.9 Å². The first kappa shape index (κ1) is 24.4. The van der Waals surface area contributed by atoms with Gasteiger partial charge in [0.05, 0.1) is 34.6 Å². The lowest BCUT2D eigenvalue weighted by molar-refractivity contribution is -0.142. The molecule has 30 heavy (non-hydrogen) atoms. The average molecular weight is 528 g/mol. The molecule has 0 saturated carbocycles. The first-order valence-corrected chi connectivity index (χ1v) is 11.8. The number of esters is 1. The van der Waals surface area contributed by atoms with E-state index >= 15 is 0 Å². The molecule has 158 valence electrons. The number of rotatable bonds is 10. The van der Waals surface area contributed by atoms with Gasteiger partial charge in [0.25, 0.3) is 0 Å². The molecule has 0 radical (unpaired) electrons. The van der Waals surface area contributed by atoms with Crippen LogP contribution in [-0.2, 0) is 19.9 Å². The fraction of sp³-hybridized carbons (Fsp3) is 0.190. The summed E-state index contributed by atoms with van der Waals surface area (Å²) < 4.78 is 5.23. The van der Waals surface area contributed by atoms with Gasteiger partial charge in [-0.2, -0.15) is 11.3 Å². The zero-order valence-electron chi connectivity index (χ0n) is 16.2. The molecule has 5 nitrogen and oxygen atoms in total. The number of carbonyl (C=O) groups excluding carboxylic acids is 2. The van der Waals surface area contributed by atoms with E-state index in [2.05, 4.69) is 39.4 Å². The Morgan fingerprint density at radius 1 is 1.40 bits per heavy atom. The van der Waals surface area contributed by atoms with E-state index in [1.165, 1.54) is 36.3 Å². The normalized spacial score (nSPS) is 13.2. The molecule has 1 aromatic heterocycles. The maximum atomic E-state index is 13.0. The summed E-state index contributed by atoms with van der Waals surface area (Å²) in [4.78, 5) is 30.4. The van der Waals surface area contributed by atoms with Gasteiger partial charge in [-0.1, -0.05) is 36.9 Å². The zero-order chi connectivity index (χ0) is 22.1. The molecule has 1 N–H and O–H groups in total. The summed E-state index contributed by atoms with van der Waals surface area (Å²) in [5, 5.41) is 7.26. The second-order valence-electron chi connectivity index (χ2n) is 6.01. The Morgan fingerprint density at radius 3 is 2.70 bits per heavy atom. The van der Waals surface area contributed by atoms with Crippen molar-refractivity contribution in [1.29, 1.82) is 0 Å². The Labute approximate surface area is 197 Å². The maximum absolute atomic E-state index is 13.0. The lowest BCUT2D eigenvalue weighted by Gasteiger charge is -2.34. The fourth-order valence-corrected chi connectivity index (χ4v) is 4.70. The van der Waals surface area contributed by atoms with Crippen LogP contribution in [0.25, 0.3) is 0 Å². The summed E-state index contributed by atoms with van der Waals surface area (Å²) in [5.74, 6) is -0.712. The van der Waals surface area contributed by atoms with Gasteiger partial charge in [0.1, 0.15) is 5.54 Å².